The minimum atomic E-state index is -0.907. The molecule has 0 saturated carbocycles. The summed E-state index contributed by atoms with van der Waals surface area (Å²) >= 11 is 0. The van der Waals surface area contributed by atoms with E-state index in [1.807, 2.05) is 0 Å². The highest BCUT2D eigenvalue weighted by Gasteiger charge is 2.12. The second-order valence-corrected chi connectivity index (χ2v) is 4.42. The molecule has 0 spiro atoms. The Morgan fingerprint density at radius 2 is 1.90 bits per heavy atom. The van der Waals surface area contributed by atoms with Crippen molar-refractivity contribution in [2.24, 2.45) is 0 Å². The van der Waals surface area contributed by atoms with Gasteiger partial charge in [0.25, 0.3) is 0 Å². The maximum atomic E-state index is 13.6. The Kier molecular flexibility index (Phi) is 4.37. The van der Waals surface area contributed by atoms with Crippen LogP contribution in [0.1, 0.15) is 5.56 Å². The number of carbonyl (C=O) groups is 1. The zero-order valence-corrected chi connectivity index (χ0v) is 11.3. The number of nitrogen functional groups attached to an aromatic ring is 1. The van der Waals surface area contributed by atoms with E-state index in [9.17, 15) is 13.6 Å². The Morgan fingerprint density at radius 3 is 2.48 bits per heavy atom. The van der Waals surface area contributed by atoms with E-state index in [0.717, 1.165) is 11.6 Å². The van der Waals surface area contributed by atoms with Gasteiger partial charge in [-0.05, 0) is 23.8 Å². The van der Waals surface area contributed by atoms with Gasteiger partial charge in [0.05, 0.1) is 19.2 Å². The van der Waals surface area contributed by atoms with Crippen LogP contribution >= 0.6 is 0 Å². The van der Waals surface area contributed by atoms with Crippen LogP contribution in [-0.4, -0.2) is 13.0 Å². The van der Waals surface area contributed by atoms with Gasteiger partial charge >= 0.3 is 0 Å². The molecule has 110 valence electrons. The van der Waals surface area contributed by atoms with E-state index in [-0.39, 0.29) is 17.8 Å². The molecule has 0 aliphatic heterocycles. The van der Waals surface area contributed by atoms with Gasteiger partial charge in [-0.25, -0.2) is 8.78 Å². The van der Waals surface area contributed by atoms with E-state index in [0.29, 0.717) is 11.8 Å². The SMILES string of the molecule is COc1ccc(CC(=O)Nc2c(N)cc(F)cc2F)cc1. The predicted octanol–water partition coefficient (Wildman–Crippen LogP) is 2.74. The molecule has 6 heteroatoms. The van der Waals surface area contributed by atoms with Gasteiger partial charge in [-0.2, -0.15) is 0 Å². The van der Waals surface area contributed by atoms with Crippen molar-refractivity contribution in [3.05, 3.63) is 53.6 Å². The lowest BCUT2D eigenvalue weighted by Crippen LogP contribution is -2.16. The molecule has 0 bridgehead atoms. The lowest BCUT2D eigenvalue weighted by atomic mass is 10.1. The summed E-state index contributed by atoms with van der Waals surface area (Å²) in [6, 6.07) is 8.50. The van der Waals surface area contributed by atoms with Gasteiger partial charge in [-0.15, -0.1) is 0 Å². The van der Waals surface area contributed by atoms with Crippen LogP contribution in [0.15, 0.2) is 36.4 Å². The first kappa shape index (κ1) is 14.8. The topological polar surface area (TPSA) is 64.3 Å². The number of amides is 1. The zero-order chi connectivity index (χ0) is 15.4. The first-order valence-corrected chi connectivity index (χ1v) is 6.17. The third-order valence-corrected chi connectivity index (χ3v) is 2.87. The van der Waals surface area contributed by atoms with E-state index in [4.69, 9.17) is 10.5 Å². The molecule has 0 unspecified atom stereocenters. The molecule has 21 heavy (non-hydrogen) atoms. The highest BCUT2D eigenvalue weighted by molar-refractivity contribution is 5.95. The molecule has 0 aliphatic rings. The van der Waals surface area contributed by atoms with E-state index >= 15 is 0 Å². The molecule has 0 fully saturated rings. The number of anilines is 2. The average molecular weight is 292 g/mol. The molecule has 0 atom stereocenters. The van der Waals surface area contributed by atoms with E-state index in [1.54, 1.807) is 31.4 Å². The van der Waals surface area contributed by atoms with Crippen molar-refractivity contribution in [2.75, 3.05) is 18.2 Å². The number of hydrogen-bond donors (Lipinski definition) is 2. The highest BCUT2D eigenvalue weighted by Crippen LogP contribution is 2.24. The van der Waals surface area contributed by atoms with Crippen LogP contribution in [0.4, 0.5) is 20.2 Å². The smallest absolute Gasteiger partial charge is 0.228 e. The van der Waals surface area contributed by atoms with E-state index in [2.05, 4.69) is 5.32 Å². The molecule has 2 aromatic rings. The number of nitrogens with one attached hydrogen (secondary N) is 1. The first-order chi connectivity index (χ1) is 9.99. The number of carbonyl (C=O) groups excluding carboxylic acids is 1. The van der Waals surface area contributed by atoms with Crippen molar-refractivity contribution in [3.63, 3.8) is 0 Å². The Balaban J connectivity index is 2.08. The first-order valence-electron chi connectivity index (χ1n) is 6.17. The molecule has 4 nitrogen and oxygen atoms in total. The molecule has 1 amide bonds. The van der Waals surface area contributed by atoms with Crippen LogP contribution in [0.2, 0.25) is 0 Å². The third kappa shape index (κ3) is 3.68. The van der Waals surface area contributed by atoms with Gasteiger partial charge < -0.3 is 15.8 Å². The molecular formula is C15H14F2N2O2. The Labute approximate surface area is 120 Å². The highest BCUT2D eigenvalue weighted by atomic mass is 19.1. The van der Waals surface area contributed by atoms with Crippen molar-refractivity contribution >= 4 is 17.3 Å². The van der Waals surface area contributed by atoms with Crippen LogP contribution in [0, 0.1) is 11.6 Å². The van der Waals surface area contributed by atoms with Crippen molar-refractivity contribution in [3.8, 4) is 5.75 Å². The minimum Gasteiger partial charge on any atom is -0.497 e. The molecule has 0 heterocycles. The Hall–Kier alpha value is -2.63. The summed E-state index contributed by atoms with van der Waals surface area (Å²) in [7, 11) is 1.54. The summed E-state index contributed by atoms with van der Waals surface area (Å²) in [5.74, 6) is -1.47. The Morgan fingerprint density at radius 1 is 1.24 bits per heavy atom. The summed E-state index contributed by atoms with van der Waals surface area (Å²) in [5.41, 5.74) is 5.85. The zero-order valence-electron chi connectivity index (χ0n) is 11.3. The number of rotatable bonds is 4. The van der Waals surface area contributed by atoms with E-state index in [1.165, 1.54) is 0 Å². The normalized spacial score (nSPS) is 10.2. The van der Waals surface area contributed by atoms with Gasteiger partial charge in [0, 0.05) is 6.07 Å². The van der Waals surface area contributed by atoms with Gasteiger partial charge in [0.15, 0.2) is 5.82 Å². The van der Waals surface area contributed by atoms with Gasteiger partial charge in [0.1, 0.15) is 17.3 Å². The lowest BCUT2D eigenvalue weighted by Gasteiger charge is -2.10. The van der Waals surface area contributed by atoms with Gasteiger partial charge in [-0.1, -0.05) is 12.1 Å². The summed E-state index contributed by atoms with van der Waals surface area (Å²) in [6.07, 6.45) is 0.0419. The van der Waals surface area contributed by atoms with Crippen LogP contribution < -0.4 is 15.8 Å². The van der Waals surface area contributed by atoms with Crippen LogP contribution in [0.3, 0.4) is 0 Å². The summed E-state index contributed by atoms with van der Waals surface area (Å²) < 4.78 is 31.5. The fourth-order valence-electron chi connectivity index (χ4n) is 1.84. The summed E-state index contributed by atoms with van der Waals surface area (Å²) in [6.45, 7) is 0. The molecule has 2 rings (SSSR count). The number of benzene rings is 2. The Bertz CT molecular complexity index is 634. The maximum absolute atomic E-state index is 13.6. The predicted molar refractivity (Wildman–Crippen MR) is 76.1 cm³/mol. The van der Waals surface area contributed by atoms with Crippen molar-refractivity contribution in [1.82, 2.24) is 0 Å². The van der Waals surface area contributed by atoms with Crippen molar-refractivity contribution in [1.29, 1.82) is 0 Å². The van der Waals surface area contributed by atoms with Crippen molar-refractivity contribution < 1.29 is 18.3 Å². The quantitative estimate of drug-likeness (QED) is 0.852. The van der Waals surface area contributed by atoms with E-state index < -0.39 is 17.5 Å². The number of methoxy groups -OCH3 is 1. The average Bonchev–Trinajstić information content (AvgIpc) is 2.43. The maximum Gasteiger partial charge on any atom is 0.228 e. The third-order valence-electron chi connectivity index (χ3n) is 2.87. The standard InChI is InChI=1S/C15H14F2N2O2/c1-21-11-4-2-9(3-5-11)6-14(20)19-15-12(17)7-10(16)8-13(15)18/h2-5,7-8H,6,18H2,1H3,(H,19,20). The molecular weight excluding hydrogens is 278 g/mol. The monoisotopic (exact) mass is 292 g/mol. The number of hydrogen-bond acceptors (Lipinski definition) is 3. The largest absolute Gasteiger partial charge is 0.497 e. The van der Waals surface area contributed by atoms with Gasteiger partial charge in [0.2, 0.25) is 5.91 Å². The number of ether oxygens (including phenoxy) is 1. The second-order valence-electron chi connectivity index (χ2n) is 4.42. The molecule has 0 saturated heterocycles. The summed E-state index contributed by atoms with van der Waals surface area (Å²) in [4.78, 5) is 11.9. The van der Waals surface area contributed by atoms with Crippen LogP contribution in [0.25, 0.3) is 0 Å². The minimum absolute atomic E-state index is 0.0419. The summed E-state index contributed by atoms with van der Waals surface area (Å²) in [5, 5.41) is 2.35. The molecule has 0 aromatic heterocycles. The molecule has 2 aromatic carbocycles. The number of halogens is 2. The fraction of sp³-hybridized carbons (Fsp3) is 0.133. The van der Waals surface area contributed by atoms with Gasteiger partial charge in [-0.3, -0.25) is 4.79 Å². The van der Waals surface area contributed by atoms with Crippen LogP contribution in [-0.2, 0) is 11.2 Å². The molecule has 0 radical (unpaired) electrons. The number of nitrogens with two attached hydrogens (primary N) is 1. The lowest BCUT2D eigenvalue weighted by molar-refractivity contribution is -0.115. The fourth-order valence-corrected chi connectivity index (χ4v) is 1.84. The van der Waals surface area contributed by atoms with Crippen LogP contribution in [0.5, 0.6) is 5.75 Å². The molecule has 0 aliphatic carbocycles. The second kappa shape index (κ2) is 6.21. The molecule has 3 N–H and O–H groups in total. The van der Waals surface area contributed by atoms with Crippen molar-refractivity contribution in [2.45, 2.75) is 6.42 Å².